The van der Waals surface area contributed by atoms with Gasteiger partial charge < -0.3 is 0 Å². The van der Waals surface area contributed by atoms with Crippen LogP contribution in [-0.4, -0.2) is 15.7 Å². The van der Waals surface area contributed by atoms with Crippen molar-refractivity contribution in [2.75, 3.05) is 0 Å². The first-order valence-corrected chi connectivity index (χ1v) is 6.12. The molecule has 0 N–H and O–H groups in total. The molecule has 1 aliphatic rings. The third kappa shape index (κ3) is 2.38. The van der Waals surface area contributed by atoms with Crippen LogP contribution in [0.5, 0.6) is 0 Å². The highest BCUT2D eigenvalue weighted by molar-refractivity contribution is 5.96. The summed E-state index contributed by atoms with van der Waals surface area (Å²) in [6, 6.07) is 0. The minimum Gasteiger partial charge on any atom is -0.255 e. The standard InChI is InChI=1S/C14H21N3/c1-13(2,3)10-7-9-12(16-10)17-11(8-15-9)14(4,5)6/h8H,7H2,1-6H3. The van der Waals surface area contributed by atoms with Gasteiger partial charge >= 0.3 is 0 Å². The van der Waals surface area contributed by atoms with Gasteiger partial charge in [0.1, 0.15) is 0 Å². The Balaban J connectivity index is 2.40. The van der Waals surface area contributed by atoms with Crippen molar-refractivity contribution in [2.45, 2.75) is 53.4 Å². The van der Waals surface area contributed by atoms with Gasteiger partial charge in [0, 0.05) is 29.2 Å². The van der Waals surface area contributed by atoms with E-state index in [1.807, 2.05) is 6.20 Å². The lowest BCUT2D eigenvalue weighted by atomic mass is 9.88. The average Bonchev–Trinajstić information content (AvgIpc) is 2.57. The van der Waals surface area contributed by atoms with E-state index in [2.05, 4.69) is 56.5 Å². The maximum atomic E-state index is 4.64. The second kappa shape index (κ2) is 3.62. The predicted molar refractivity (Wildman–Crippen MR) is 71.0 cm³/mol. The lowest BCUT2D eigenvalue weighted by molar-refractivity contribution is 0.565. The van der Waals surface area contributed by atoms with Gasteiger partial charge in [-0.05, 0) is 0 Å². The second-order valence-corrected chi connectivity index (χ2v) is 6.76. The van der Waals surface area contributed by atoms with Crippen molar-refractivity contribution in [3.8, 4) is 0 Å². The van der Waals surface area contributed by atoms with Crippen molar-refractivity contribution < 1.29 is 0 Å². The monoisotopic (exact) mass is 231 g/mol. The molecule has 0 atom stereocenters. The van der Waals surface area contributed by atoms with Crippen molar-refractivity contribution in [1.29, 1.82) is 0 Å². The molecule has 0 saturated carbocycles. The molecule has 2 rings (SSSR count). The van der Waals surface area contributed by atoms with Gasteiger partial charge in [0.25, 0.3) is 0 Å². The molecule has 1 aliphatic heterocycles. The van der Waals surface area contributed by atoms with E-state index in [0.717, 1.165) is 23.6 Å². The summed E-state index contributed by atoms with van der Waals surface area (Å²) >= 11 is 0. The Morgan fingerprint density at radius 2 is 1.65 bits per heavy atom. The molecular formula is C14H21N3. The molecule has 92 valence electrons. The molecule has 0 fully saturated rings. The van der Waals surface area contributed by atoms with E-state index in [9.17, 15) is 0 Å². The normalized spacial score (nSPS) is 15.8. The van der Waals surface area contributed by atoms with Gasteiger partial charge in [-0.2, -0.15) is 0 Å². The van der Waals surface area contributed by atoms with Gasteiger partial charge in [-0.15, -0.1) is 0 Å². The fraction of sp³-hybridized carbons (Fsp3) is 0.643. The summed E-state index contributed by atoms with van der Waals surface area (Å²) in [6.07, 6.45) is 2.73. The molecule has 0 aliphatic carbocycles. The van der Waals surface area contributed by atoms with Crippen LogP contribution in [0.25, 0.3) is 0 Å². The summed E-state index contributed by atoms with van der Waals surface area (Å²) in [5.41, 5.74) is 3.34. The molecule has 1 aromatic heterocycles. The Morgan fingerprint density at radius 3 is 2.18 bits per heavy atom. The van der Waals surface area contributed by atoms with E-state index in [4.69, 9.17) is 0 Å². The van der Waals surface area contributed by atoms with Crippen LogP contribution in [0, 0.1) is 5.41 Å². The number of nitrogens with zero attached hydrogens (tertiary/aromatic N) is 3. The molecule has 3 heteroatoms. The van der Waals surface area contributed by atoms with Gasteiger partial charge in [0.05, 0.1) is 11.4 Å². The van der Waals surface area contributed by atoms with Gasteiger partial charge in [-0.25, -0.2) is 9.98 Å². The summed E-state index contributed by atoms with van der Waals surface area (Å²) in [6.45, 7) is 13.0. The zero-order valence-corrected chi connectivity index (χ0v) is 11.6. The molecule has 2 heterocycles. The second-order valence-electron chi connectivity index (χ2n) is 6.76. The summed E-state index contributed by atoms with van der Waals surface area (Å²) in [5.74, 6) is 0.822. The Labute approximate surface area is 103 Å². The van der Waals surface area contributed by atoms with Crippen LogP contribution in [0.3, 0.4) is 0 Å². The largest absolute Gasteiger partial charge is 0.255 e. The van der Waals surface area contributed by atoms with Crippen molar-refractivity contribution in [3.63, 3.8) is 0 Å². The van der Waals surface area contributed by atoms with Crippen LogP contribution in [0.1, 0.15) is 52.9 Å². The average molecular weight is 231 g/mol. The molecular weight excluding hydrogens is 210 g/mol. The van der Waals surface area contributed by atoms with Crippen molar-refractivity contribution >= 4 is 11.5 Å². The molecule has 0 saturated heterocycles. The molecule has 0 unspecified atom stereocenters. The van der Waals surface area contributed by atoms with Crippen molar-refractivity contribution in [2.24, 2.45) is 10.4 Å². The molecule has 1 aromatic rings. The third-order valence-electron chi connectivity index (χ3n) is 3.04. The molecule has 0 radical (unpaired) electrons. The van der Waals surface area contributed by atoms with Gasteiger partial charge in [0.15, 0.2) is 5.82 Å². The minimum atomic E-state index is 0.0298. The number of rotatable bonds is 0. The van der Waals surface area contributed by atoms with Crippen LogP contribution in [0.4, 0.5) is 5.82 Å². The Morgan fingerprint density at radius 1 is 1.00 bits per heavy atom. The number of hydrogen-bond acceptors (Lipinski definition) is 3. The first-order valence-electron chi connectivity index (χ1n) is 6.12. The summed E-state index contributed by atoms with van der Waals surface area (Å²) in [5, 5.41) is 0. The fourth-order valence-corrected chi connectivity index (χ4v) is 1.74. The third-order valence-corrected chi connectivity index (χ3v) is 3.04. The van der Waals surface area contributed by atoms with Crippen LogP contribution in [0.15, 0.2) is 11.2 Å². The maximum absolute atomic E-state index is 4.64. The van der Waals surface area contributed by atoms with E-state index in [0.29, 0.717) is 0 Å². The number of aromatic nitrogens is 2. The van der Waals surface area contributed by atoms with E-state index >= 15 is 0 Å². The van der Waals surface area contributed by atoms with Gasteiger partial charge in [-0.1, -0.05) is 41.5 Å². The number of aliphatic imine (C=N–C) groups is 1. The first-order chi connectivity index (χ1) is 7.68. The molecule has 3 nitrogen and oxygen atoms in total. The minimum absolute atomic E-state index is 0.0298. The van der Waals surface area contributed by atoms with Crippen LogP contribution < -0.4 is 0 Å². The topological polar surface area (TPSA) is 38.1 Å². The zero-order valence-electron chi connectivity index (χ0n) is 11.6. The van der Waals surface area contributed by atoms with E-state index in [-0.39, 0.29) is 10.8 Å². The zero-order chi connectivity index (χ0) is 12.8. The van der Waals surface area contributed by atoms with Crippen LogP contribution in [0.2, 0.25) is 0 Å². The molecule has 0 spiro atoms. The fourth-order valence-electron chi connectivity index (χ4n) is 1.74. The SMILES string of the molecule is CC(C)(C)C1=Nc2nc(C(C)(C)C)cnc2C1. The van der Waals surface area contributed by atoms with E-state index in [1.54, 1.807) is 0 Å². The Hall–Kier alpha value is -1.25. The predicted octanol–water partition coefficient (Wildman–Crippen LogP) is 3.45. The molecule has 17 heavy (non-hydrogen) atoms. The maximum Gasteiger partial charge on any atom is 0.174 e. The van der Waals surface area contributed by atoms with Crippen molar-refractivity contribution in [3.05, 3.63) is 17.6 Å². The Bertz CT molecular complexity index is 473. The number of hydrogen-bond donors (Lipinski definition) is 0. The molecule has 0 bridgehead atoms. The summed E-state index contributed by atoms with van der Waals surface area (Å²) < 4.78 is 0. The molecule has 0 aromatic carbocycles. The van der Waals surface area contributed by atoms with E-state index < -0.39 is 0 Å². The quantitative estimate of drug-likeness (QED) is 0.686. The lowest BCUT2D eigenvalue weighted by Crippen LogP contribution is -2.20. The summed E-state index contributed by atoms with van der Waals surface area (Å²) in [4.78, 5) is 13.8. The molecule has 0 amide bonds. The highest BCUT2D eigenvalue weighted by Gasteiger charge is 2.28. The van der Waals surface area contributed by atoms with Crippen LogP contribution in [-0.2, 0) is 11.8 Å². The van der Waals surface area contributed by atoms with Gasteiger partial charge in [0.2, 0.25) is 0 Å². The Kier molecular flexibility index (Phi) is 2.60. The smallest absolute Gasteiger partial charge is 0.174 e. The summed E-state index contributed by atoms with van der Waals surface area (Å²) in [7, 11) is 0. The number of fused-ring (bicyclic) bond motifs is 1. The van der Waals surface area contributed by atoms with Crippen LogP contribution >= 0.6 is 0 Å². The van der Waals surface area contributed by atoms with E-state index in [1.165, 1.54) is 5.71 Å². The van der Waals surface area contributed by atoms with Gasteiger partial charge in [-0.3, -0.25) is 4.98 Å². The lowest BCUT2D eigenvalue weighted by Gasteiger charge is -2.17. The first kappa shape index (κ1) is 12.2. The highest BCUT2D eigenvalue weighted by atomic mass is 15.0. The highest BCUT2D eigenvalue weighted by Crippen LogP contribution is 2.32. The van der Waals surface area contributed by atoms with Crippen molar-refractivity contribution in [1.82, 2.24) is 9.97 Å².